The van der Waals surface area contributed by atoms with Gasteiger partial charge in [0, 0.05) is 12.0 Å². The maximum atomic E-state index is 5.77. The van der Waals surface area contributed by atoms with Crippen molar-refractivity contribution < 1.29 is 4.74 Å². The van der Waals surface area contributed by atoms with E-state index in [0.717, 1.165) is 28.9 Å². The molecule has 1 heterocycles. The SMILES string of the molecule is Nc1cc(Oc2ccccc2Br)nc(C2CC2)n1. The van der Waals surface area contributed by atoms with Crippen LogP contribution < -0.4 is 10.5 Å². The molecule has 18 heavy (non-hydrogen) atoms. The van der Waals surface area contributed by atoms with Crippen LogP contribution in [-0.4, -0.2) is 9.97 Å². The first kappa shape index (κ1) is 11.5. The van der Waals surface area contributed by atoms with Gasteiger partial charge in [-0.15, -0.1) is 0 Å². The Bertz CT molecular complexity index is 584. The lowest BCUT2D eigenvalue weighted by Gasteiger charge is -2.08. The number of rotatable bonds is 3. The van der Waals surface area contributed by atoms with Gasteiger partial charge < -0.3 is 10.5 Å². The van der Waals surface area contributed by atoms with Gasteiger partial charge in [0.1, 0.15) is 17.4 Å². The van der Waals surface area contributed by atoms with E-state index in [1.165, 1.54) is 0 Å². The first-order valence-corrected chi connectivity index (χ1v) is 6.58. The molecule has 0 bridgehead atoms. The monoisotopic (exact) mass is 305 g/mol. The van der Waals surface area contributed by atoms with Crippen molar-refractivity contribution in [2.75, 3.05) is 5.73 Å². The molecule has 0 unspecified atom stereocenters. The molecule has 3 rings (SSSR count). The summed E-state index contributed by atoms with van der Waals surface area (Å²) in [6.07, 6.45) is 2.27. The molecular weight excluding hydrogens is 294 g/mol. The molecule has 2 aromatic rings. The molecule has 1 aromatic heterocycles. The largest absolute Gasteiger partial charge is 0.438 e. The van der Waals surface area contributed by atoms with Gasteiger partial charge in [0.05, 0.1) is 4.47 Å². The molecule has 0 aliphatic heterocycles. The van der Waals surface area contributed by atoms with Gasteiger partial charge >= 0.3 is 0 Å². The van der Waals surface area contributed by atoms with Gasteiger partial charge in [0.25, 0.3) is 0 Å². The molecule has 92 valence electrons. The second-order valence-corrected chi connectivity index (χ2v) is 5.15. The summed E-state index contributed by atoms with van der Waals surface area (Å²) in [5.41, 5.74) is 5.77. The van der Waals surface area contributed by atoms with Crippen LogP contribution in [0.25, 0.3) is 0 Å². The van der Waals surface area contributed by atoms with Crippen molar-refractivity contribution in [3.8, 4) is 11.6 Å². The number of halogens is 1. The molecule has 0 saturated heterocycles. The molecule has 4 nitrogen and oxygen atoms in total. The smallest absolute Gasteiger partial charge is 0.224 e. The molecule has 1 aliphatic rings. The fourth-order valence-corrected chi connectivity index (χ4v) is 2.04. The molecule has 2 N–H and O–H groups in total. The molecule has 0 atom stereocenters. The molecule has 1 saturated carbocycles. The molecule has 5 heteroatoms. The van der Waals surface area contributed by atoms with Gasteiger partial charge in [-0.1, -0.05) is 12.1 Å². The Kier molecular flexibility index (Phi) is 2.91. The number of hydrogen-bond acceptors (Lipinski definition) is 4. The Hall–Kier alpha value is -1.62. The lowest BCUT2D eigenvalue weighted by Crippen LogP contribution is -2.00. The topological polar surface area (TPSA) is 61.0 Å². The summed E-state index contributed by atoms with van der Waals surface area (Å²) in [4.78, 5) is 8.63. The summed E-state index contributed by atoms with van der Waals surface area (Å²) in [6.45, 7) is 0. The van der Waals surface area contributed by atoms with E-state index < -0.39 is 0 Å². The van der Waals surface area contributed by atoms with Crippen LogP contribution in [0.5, 0.6) is 11.6 Å². The average Bonchev–Trinajstić information content (AvgIpc) is 3.15. The number of nitrogens with zero attached hydrogens (tertiary/aromatic N) is 2. The maximum absolute atomic E-state index is 5.77. The third kappa shape index (κ3) is 2.46. The van der Waals surface area contributed by atoms with Crippen molar-refractivity contribution in [3.63, 3.8) is 0 Å². The number of benzene rings is 1. The van der Waals surface area contributed by atoms with Crippen LogP contribution in [-0.2, 0) is 0 Å². The van der Waals surface area contributed by atoms with E-state index in [9.17, 15) is 0 Å². The quantitative estimate of drug-likeness (QED) is 0.943. The number of aromatic nitrogens is 2. The van der Waals surface area contributed by atoms with Gasteiger partial charge in [-0.3, -0.25) is 0 Å². The third-order valence-corrected chi connectivity index (χ3v) is 3.39. The minimum absolute atomic E-state index is 0.453. The van der Waals surface area contributed by atoms with Crippen molar-refractivity contribution in [3.05, 3.63) is 40.6 Å². The number of hydrogen-bond donors (Lipinski definition) is 1. The lowest BCUT2D eigenvalue weighted by molar-refractivity contribution is 0.456. The molecule has 0 spiro atoms. The van der Waals surface area contributed by atoms with Crippen molar-refractivity contribution in [1.29, 1.82) is 0 Å². The summed E-state index contributed by atoms with van der Waals surface area (Å²) in [7, 11) is 0. The van der Waals surface area contributed by atoms with Gasteiger partial charge in [0.15, 0.2) is 0 Å². The van der Waals surface area contributed by atoms with Gasteiger partial charge in [-0.2, -0.15) is 4.98 Å². The van der Waals surface area contributed by atoms with Crippen molar-refractivity contribution in [2.45, 2.75) is 18.8 Å². The van der Waals surface area contributed by atoms with E-state index in [0.29, 0.717) is 17.6 Å². The van der Waals surface area contributed by atoms with E-state index in [2.05, 4.69) is 25.9 Å². The Labute approximate surface area is 113 Å². The summed E-state index contributed by atoms with van der Waals surface area (Å²) >= 11 is 3.43. The van der Waals surface area contributed by atoms with Gasteiger partial charge in [-0.05, 0) is 40.9 Å². The number of ether oxygens (including phenoxy) is 1. The van der Waals surface area contributed by atoms with Crippen LogP contribution in [0.1, 0.15) is 24.6 Å². The standard InChI is InChI=1S/C13H12BrN3O/c14-9-3-1-2-4-10(9)18-12-7-11(15)16-13(17-12)8-5-6-8/h1-4,7-8H,5-6H2,(H2,15,16,17). The normalized spacial score (nSPS) is 14.5. The van der Waals surface area contributed by atoms with Gasteiger partial charge in [0.2, 0.25) is 5.88 Å². The first-order chi connectivity index (χ1) is 8.72. The van der Waals surface area contributed by atoms with Crippen LogP contribution in [0.15, 0.2) is 34.8 Å². The van der Waals surface area contributed by atoms with Crippen LogP contribution in [0.2, 0.25) is 0 Å². The Morgan fingerprint density at radius 1 is 1.22 bits per heavy atom. The first-order valence-electron chi connectivity index (χ1n) is 5.79. The molecule has 1 aliphatic carbocycles. The van der Waals surface area contributed by atoms with Crippen molar-refractivity contribution in [2.24, 2.45) is 0 Å². The lowest BCUT2D eigenvalue weighted by atomic mass is 10.3. The zero-order chi connectivity index (χ0) is 12.5. The third-order valence-electron chi connectivity index (χ3n) is 2.73. The van der Waals surface area contributed by atoms with E-state index in [-0.39, 0.29) is 0 Å². The number of para-hydroxylation sites is 1. The second kappa shape index (κ2) is 4.57. The summed E-state index contributed by atoms with van der Waals surface area (Å²) in [5.74, 6) is 2.91. The fraction of sp³-hybridized carbons (Fsp3) is 0.231. The van der Waals surface area contributed by atoms with Gasteiger partial charge in [-0.25, -0.2) is 4.98 Å². The van der Waals surface area contributed by atoms with E-state index >= 15 is 0 Å². The molecular formula is C13H12BrN3O. The van der Waals surface area contributed by atoms with Crippen LogP contribution in [0.4, 0.5) is 5.82 Å². The molecule has 0 amide bonds. The summed E-state index contributed by atoms with van der Waals surface area (Å²) in [6, 6.07) is 9.28. The number of anilines is 1. The molecule has 0 radical (unpaired) electrons. The van der Waals surface area contributed by atoms with Crippen molar-refractivity contribution >= 4 is 21.7 Å². The van der Waals surface area contributed by atoms with Crippen LogP contribution in [0, 0.1) is 0 Å². The van der Waals surface area contributed by atoms with E-state index in [1.807, 2.05) is 24.3 Å². The highest BCUT2D eigenvalue weighted by molar-refractivity contribution is 9.10. The zero-order valence-electron chi connectivity index (χ0n) is 9.64. The molecule has 1 fully saturated rings. The maximum Gasteiger partial charge on any atom is 0.224 e. The average molecular weight is 306 g/mol. The minimum atomic E-state index is 0.453. The highest BCUT2D eigenvalue weighted by atomic mass is 79.9. The van der Waals surface area contributed by atoms with Crippen LogP contribution >= 0.6 is 15.9 Å². The summed E-state index contributed by atoms with van der Waals surface area (Å²) in [5, 5.41) is 0. The number of nitrogens with two attached hydrogens (primary N) is 1. The zero-order valence-corrected chi connectivity index (χ0v) is 11.2. The Morgan fingerprint density at radius 2 is 2.00 bits per heavy atom. The number of nitrogen functional groups attached to an aromatic ring is 1. The minimum Gasteiger partial charge on any atom is -0.438 e. The summed E-state index contributed by atoms with van der Waals surface area (Å²) < 4.78 is 6.61. The second-order valence-electron chi connectivity index (χ2n) is 4.30. The van der Waals surface area contributed by atoms with E-state index in [1.54, 1.807) is 6.07 Å². The molecule has 1 aromatic carbocycles. The Morgan fingerprint density at radius 3 is 2.72 bits per heavy atom. The van der Waals surface area contributed by atoms with E-state index in [4.69, 9.17) is 10.5 Å². The fourth-order valence-electron chi connectivity index (χ4n) is 1.68. The Balaban J connectivity index is 1.90. The highest BCUT2D eigenvalue weighted by Gasteiger charge is 2.27. The predicted octanol–water partition coefficient (Wildman–Crippen LogP) is 3.49. The highest BCUT2D eigenvalue weighted by Crippen LogP contribution is 2.39. The van der Waals surface area contributed by atoms with Crippen molar-refractivity contribution in [1.82, 2.24) is 9.97 Å². The van der Waals surface area contributed by atoms with Crippen LogP contribution in [0.3, 0.4) is 0 Å². The predicted molar refractivity (Wildman–Crippen MR) is 72.6 cm³/mol.